The molecule has 1 aromatic rings. The van der Waals surface area contributed by atoms with Crippen molar-refractivity contribution in [1.82, 2.24) is 9.47 Å². The molecule has 4 nitrogen and oxygen atoms in total. The number of piperidine rings is 1. The van der Waals surface area contributed by atoms with Gasteiger partial charge in [0.25, 0.3) is 5.91 Å². The molecular weight excluding hydrogens is 226 g/mol. The Morgan fingerprint density at radius 3 is 2.88 bits per heavy atom. The van der Waals surface area contributed by atoms with E-state index < -0.39 is 0 Å². The summed E-state index contributed by atoms with van der Waals surface area (Å²) in [5, 5.41) is 0. The molecule has 1 aliphatic rings. The average molecular weight is 244 g/mol. The van der Waals surface area contributed by atoms with E-state index in [-0.39, 0.29) is 24.4 Å². The number of carbonyl (C=O) groups excluding carboxylic acids is 1. The molecule has 0 saturated carbocycles. The van der Waals surface area contributed by atoms with Gasteiger partial charge in [0.05, 0.1) is 0 Å². The quantitative estimate of drug-likeness (QED) is 0.801. The fourth-order valence-electron chi connectivity index (χ4n) is 2.04. The predicted octanol–water partition coefficient (Wildman–Crippen LogP) is 1.01. The molecule has 1 fully saturated rings. The number of amides is 1. The summed E-state index contributed by atoms with van der Waals surface area (Å²) in [6.07, 6.45) is 3.92. The van der Waals surface area contributed by atoms with Crippen molar-refractivity contribution in [3.63, 3.8) is 0 Å². The van der Waals surface area contributed by atoms with Crippen LogP contribution in [0.5, 0.6) is 0 Å². The molecule has 0 radical (unpaired) electrons. The third-order valence-corrected chi connectivity index (χ3v) is 2.91. The van der Waals surface area contributed by atoms with Crippen LogP contribution in [0.15, 0.2) is 18.3 Å². The normalized spacial score (nSPS) is 20.4. The molecular formula is C11H18ClN3O. The SMILES string of the molecule is Cl.Cn1cccc1C(=O)N1CCCC(N)C1. The lowest BCUT2D eigenvalue weighted by Crippen LogP contribution is -2.46. The molecule has 1 atom stereocenters. The zero-order chi connectivity index (χ0) is 10.8. The highest BCUT2D eigenvalue weighted by Gasteiger charge is 2.23. The molecule has 16 heavy (non-hydrogen) atoms. The monoisotopic (exact) mass is 243 g/mol. The van der Waals surface area contributed by atoms with Gasteiger partial charge in [-0.2, -0.15) is 0 Å². The van der Waals surface area contributed by atoms with Crippen molar-refractivity contribution >= 4 is 18.3 Å². The van der Waals surface area contributed by atoms with Gasteiger partial charge in [-0.3, -0.25) is 4.79 Å². The highest BCUT2D eigenvalue weighted by Crippen LogP contribution is 2.12. The third-order valence-electron chi connectivity index (χ3n) is 2.91. The largest absolute Gasteiger partial charge is 0.347 e. The van der Waals surface area contributed by atoms with Crippen molar-refractivity contribution in [2.24, 2.45) is 12.8 Å². The first-order chi connectivity index (χ1) is 7.18. The highest BCUT2D eigenvalue weighted by atomic mass is 35.5. The number of hydrogen-bond donors (Lipinski definition) is 1. The summed E-state index contributed by atoms with van der Waals surface area (Å²) >= 11 is 0. The number of carbonyl (C=O) groups is 1. The molecule has 0 aliphatic carbocycles. The lowest BCUT2D eigenvalue weighted by atomic mass is 10.1. The maximum atomic E-state index is 12.1. The van der Waals surface area contributed by atoms with E-state index in [1.165, 1.54) is 0 Å². The van der Waals surface area contributed by atoms with Gasteiger partial charge in [0, 0.05) is 32.4 Å². The topological polar surface area (TPSA) is 51.3 Å². The van der Waals surface area contributed by atoms with Crippen LogP contribution in [0.4, 0.5) is 0 Å². The van der Waals surface area contributed by atoms with Gasteiger partial charge in [-0.15, -0.1) is 12.4 Å². The van der Waals surface area contributed by atoms with Crippen molar-refractivity contribution in [3.8, 4) is 0 Å². The molecule has 5 heteroatoms. The van der Waals surface area contributed by atoms with E-state index in [1.54, 1.807) is 0 Å². The maximum Gasteiger partial charge on any atom is 0.270 e. The molecule has 1 saturated heterocycles. The summed E-state index contributed by atoms with van der Waals surface area (Å²) in [5.41, 5.74) is 6.59. The molecule has 1 amide bonds. The highest BCUT2D eigenvalue weighted by molar-refractivity contribution is 5.92. The Bertz CT molecular complexity index is 364. The van der Waals surface area contributed by atoms with Crippen LogP contribution in [0.3, 0.4) is 0 Å². The van der Waals surface area contributed by atoms with Gasteiger partial charge in [0.1, 0.15) is 5.69 Å². The second-order valence-electron chi connectivity index (χ2n) is 4.16. The van der Waals surface area contributed by atoms with Crippen molar-refractivity contribution < 1.29 is 4.79 Å². The minimum atomic E-state index is 0. The number of halogens is 1. The minimum Gasteiger partial charge on any atom is -0.347 e. The lowest BCUT2D eigenvalue weighted by molar-refractivity contribution is 0.0699. The number of aryl methyl sites for hydroxylation is 1. The van der Waals surface area contributed by atoms with Crippen LogP contribution in [0, 0.1) is 0 Å². The summed E-state index contributed by atoms with van der Waals surface area (Å²) in [7, 11) is 1.89. The van der Waals surface area contributed by atoms with Crippen LogP contribution < -0.4 is 5.73 Å². The Morgan fingerprint density at radius 1 is 1.56 bits per heavy atom. The van der Waals surface area contributed by atoms with Gasteiger partial charge in [-0.1, -0.05) is 0 Å². The van der Waals surface area contributed by atoms with E-state index in [0.717, 1.165) is 25.1 Å². The molecule has 2 heterocycles. The fourth-order valence-corrected chi connectivity index (χ4v) is 2.04. The zero-order valence-corrected chi connectivity index (χ0v) is 10.2. The summed E-state index contributed by atoms with van der Waals surface area (Å²) in [4.78, 5) is 13.9. The zero-order valence-electron chi connectivity index (χ0n) is 9.43. The Balaban J connectivity index is 0.00000128. The molecule has 1 unspecified atom stereocenters. The van der Waals surface area contributed by atoms with Crippen LogP contribution >= 0.6 is 12.4 Å². The van der Waals surface area contributed by atoms with E-state index in [9.17, 15) is 4.79 Å². The van der Waals surface area contributed by atoms with Gasteiger partial charge >= 0.3 is 0 Å². The van der Waals surface area contributed by atoms with E-state index in [2.05, 4.69) is 0 Å². The van der Waals surface area contributed by atoms with Gasteiger partial charge in [0.2, 0.25) is 0 Å². The Hall–Kier alpha value is -1.00. The first-order valence-corrected chi connectivity index (χ1v) is 5.34. The maximum absolute atomic E-state index is 12.1. The Labute approximate surface area is 102 Å². The third kappa shape index (κ3) is 2.57. The minimum absolute atomic E-state index is 0. The Morgan fingerprint density at radius 2 is 2.31 bits per heavy atom. The van der Waals surface area contributed by atoms with Gasteiger partial charge in [-0.05, 0) is 25.0 Å². The number of hydrogen-bond acceptors (Lipinski definition) is 2. The fraction of sp³-hybridized carbons (Fsp3) is 0.545. The molecule has 0 aromatic carbocycles. The standard InChI is InChI=1S/C11H17N3O.ClH/c1-13-6-3-5-10(13)11(15)14-7-2-4-9(12)8-14;/h3,5-6,9H,2,4,7-8,12H2,1H3;1H. The number of nitrogens with two attached hydrogens (primary N) is 1. The molecule has 90 valence electrons. The summed E-state index contributed by atoms with van der Waals surface area (Å²) in [6, 6.07) is 3.88. The summed E-state index contributed by atoms with van der Waals surface area (Å²) in [5.74, 6) is 0.0950. The van der Waals surface area contributed by atoms with Crippen molar-refractivity contribution in [2.75, 3.05) is 13.1 Å². The number of likely N-dealkylation sites (tertiary alicyclic amines) is 1. The predicted molar refractivity (Wildman–Crippen MR) is 65.8 cm³/mol. The first-order valence-electron chi connectivity index (χ1n) is 5.34. The van der Waals surface area contributed by atoms with Crippen LogP contribution in [-0.2, 0) is 7.05 Å². The average Bonchev–Trinajstić information content (AvgIpc) is 2.63. The molecule has 0 spiro atoms. The van der Waals surface area contributed by atoms with Gasteiger partial charge in [-0.25, -0.2) is 0 Å². The van der Waals surface area contributed by atoms with Crippen molar-refractivity contribution in [1.29, 1.82) is 0 Å². The smallest absolute Gasteiger partial charge is 0.270 e. The summed E-state index contributed by atoms with van der Waals surface area (Å²) in [6.45, 7) is 1.52. The number of rotatable bonds is 1. The van der Waals surface area contributed by atoms with Crippen LogP contribution in [-0.4, -0.2) is 34.5 Å². The number of nitrogens with zero attached hydrogens (tertiary/aromatic N) is 2. The lowest BCUT2D eigenvalue weighted by Gasteiger charge is -2.30. The van der Waals surface area contributed by atoms with Crippen LogP contribution in [0.25, 0.3) is 0 Å². The molecule has 2 rings (SSSR count). The molecule has 1 aliphatic heterocycles. The van der Waals surface area contributed by atoms with Crippen molar-refractivity contribution in [2.45, 2.75) is 18.9 Å². The second-order valence-corrected chi connectivity index (χ2v) is 4.16. The van der Waals surface area contributed by atoms with Gasteiger partial charge < -0.3 is 15.2 Å². The van der Waals surface area contributed by atoms with E-state index in [0.29, 0.717) is 6.54 Å². The Kier molecular flexibility index (Phi) is 4.38. The molecule has 2 N–H and O–H groups in total. The van der Waals surface area contributed by atoms with Crippen molar-refractivity contribution in [3.05, 3.63) is 24.0 Å². The number of aromatic nitrogens is 1. The molecule has 1 aromatic heterocycles. The summed E-state index contributed by atoms with van der Waals surface area (Å²) < 4.78 is 1.85. The van der Waals surface area contributed by atoms with Crippen LogP contribution in [0.2, 0.25) is 0 Å². The first kappa shape index (κ1) is 13.1. The van der Waals surface area contributed by atoms with Gasteiger partial charge in [0.15, 0.2) is 0 Å². The van der Waals surface area contributed by atoms with E-state index in [4.69, 9.17) is 5.73 Å². The second kappa shape index (κ2) is 5.37. The van der Waals surface area contributed by atoms with E-state index >= 15 is 0 Å². The van der Waals surface area contributed by atoms with Crippen LogP contribution in [0.1, 0.15) is 23.3 Å². The van der Waals surface area contributed by atoms with E-state index in [1.807, 2.05) is 34.8 Å². The molecule has 0 bridgehead atoms.